The highest BCUT2D eigenvalue weighted by Crippen LogP contribution is 2.47. The van der Waals surface area contributed by atoms with Crippen molar-refractivity contribution >= 4 is 48.6 Å². The highest BCUT2D eigenvalue weighted by Gasteiger charge is 2.37. The first-order valence-corrected chi connectivity index (χ1v) is 20.3. The average Bonchev–Trinajstić information content (AvgIpc) is 3.06. The topological polar surface area (TPSA) is 151 Å². The first kappa shape index (κ1) is 38.9. The molecule has 6 rings (SSSR count). The predicted molar refractivity (Wildman–Crippen MR) is 205 cm³/mol. The first-order valence-electron chi connectivity index (χ1n) is 17.1. The van der Waals surface area contributed by atoms with Crippen LogP contribution in [0.25, 0.3) is 16.7 Å². The molecule has 3 aliphatic heterocycles. The van der Waals surface area contributed by atoms with Crippen LogP contribution in [-0.4, -0.2) is 75.7 Å². The van der Waals surface area contributed by atoms with Gasteiger partial charge in [-0.3, -0.25) is 9.11 Å². The summed E-state index contributed by atoms with van der Waals surface area (Å²) in [7, 11) is -3.74. The monoisotopic (exact) mass is 751 g/mol. The number of ether oxygens (including phenoxy) is 2. The second-order valence-corrected chi connectivity index (χ2v) is 17.1. The zero-order valence-electron chi connectivity index (χ0n) is 31.3. The van der Waals surface area contributed by atoms with Crippen molar-refractivity contribution in [2.45, 2.75) is 66.0 Å². The maximum atomic E-state index is 13.3. The number of esters is 1. The molecule has 0 fully saturated rings. The Kier molecular flexibility index (Phi) is 10.2. The molecule has 3 heterocycles. The van der Waals surface area contributed by atoms with Gasteiger partial charge < -0.3 is 14.4 Å². The number of carbonyl (C=O) groups excluding carboxylic acids is 1. The van der Waals surface area contributed by atoms with Crippen LogP contribution in [0, 0.1) is 0 Å². The molecule has 0 spiro atoms. The van der Waals surface area contributed by atoms with E-state index >= 15 is 0 Å². The molecule has 11 nitrogen and oxygen atoms in total. The van der Waals surface area contributed by atoms with E-state index in [1.54, 1.807) is 6.07 Å². The number of rotatable bonds is 7. The molecule has 0 aromatic heterocycles. The quantitative estimate of drug-likeness (QED) is 0.148. The molecule has 52 heavy (non-hydrogen) atoms. The number of hydrogen-bond donors (Lipinski definition) is 2. The van der Waals surface area contributed by atoms with Crippen molar-refractivity contribution in [3.63, 3.8) is 0 Å². The van der Waals surface area contributed by atoms with Gasteiger partial charge in [-0.2, -0.15) is 16.8 Å². The van der Waals surface area contributed by atoms with Crippen LogP contribution >= 0.6 is 0 Å². The van der Waals surface area contributed by atoms with E-state index in [9.17, 15) is 30.7 Å². The Labute approximate surface area is 306 Å². The minimum atomic E-state index is -4.41. The van der Waals surface area contributed by atoms with Crippen LogP contribution in [0.4, 0.5) is 5.69 Å². The molecule has 3 aliphatic rings. The fourth-order valence-electron chi connectivity index (χ4n) is 7.08. The van der Waals surface area contributed by atoms with Gasteiger partial charge in [0.1, 0.15) is 30.1 Å². The number of aryl methyl sites for hydroxylation is 1. The molecule has 0 saturated heterocycles. The molecule has 0 radical (unpaired) electrons. The maximum absolute atomic E-state index is 13.3. The van der Waals surface area contributed by atoms with Crippen molar-refractivity contribution in [2.24, 2.45) is 0 Å². The second-order valence-electron chi connectivity index (χ2n) is 14.2. The number of carbonyl (C=O) groups is 1. The number of nitrogens with zero attached hydrogens (tertiary/aromatic N) is 2. The average molecular weight is 752 g/mol. The third kappa shape index (κ3) is 7.19. The summed E-state index contributed by atoms with van der Waals surface area (Å²) in [4.78, 5) is 15.3. The van der Waals surface area contributed by atoms with Crippen molar-refractivity contribution in [3.05, 3.63) is 98.6 Å². The Morgan fingerprint density at radius 1 is 0.846 bits per heavy atom. The number of likely N-dealkylation sites (N-methyl/N-ethyl adjacent to an activating group) is 2. The van der Waals surface area contributed by atoms with Gasteiger partial charge in [-0.05, 0) is 66.8 Å². The van der Waals surface area contributed by atoms with Crippen LogP contribution in [0.1, 0.15) is 86.6 Å². The third-order valence-electron chi connectivity index (χ3n) is 10.00. The molecule has 2 N–H and O–H groups in total. The summed E-state index contributed by atoms with van der Waals surface area (Å²) < 4.78 is 82.8. The van der Waals surface area contributed by atoms with Crippen molar-refractivity contribution < 1.29 is 40.2 Å². The number of benzene rings is 3. The molecule has 3 aromatic carbocycles. The van der Waals surface area contributed by atoms with Gasteiger partial charge >= 0.3 is 5.97 Å². The summed E-state index contributed by atoms with van der Waals surface area (Å²) in [6, 6.07) is 12.8. The molecule has 0 unspecified atom stereocenters. The highest BCUT2D eigenvalue weighted by atomic mass is 32.2. The Balaban J connectivity index is 0.00000257. The second kappa shape index (κ2) is 13.6. The van der Waals surface area contributed by atoms with E-state index in [-0.39, 0.29) is 5.56 Å². The van der Waals surface area contributed by atoms with E-state index in [1.165, 1.54) is 7.11 Å². The van der Waals surface area contributed by atoms with Crippen molar-refractivity contribution in [1.29, 1.82) is 0 Å². The number of methoxy groups -OCH3 is 1. The van der Waals surface area contributed by atoms with Crippen LogP contribution in [0.15, 0.2) is 54.6 Å². The zero-order chi connectivity index (χ0) is 38.7. The molecule has 0 atom stereocenters. The molecule has 0 bridgehead atoms. The van der Waals surface area contributed by atoms with Crippen LogP contribution in [0.5, 0.6) is 11.5 Å². The SMILES string of the molecule is CC.CCc1ccc(C(=O)OC)c(C2=c3cc4c(cc3Oc3cc5c(cc32)C(CS(=O)(=O)O)=CC(C)(C)N5C)=[N+](C)C(C)(C)C=C4CS(=O)(=O)O)c1. The Bertz CT molecular complexity index is 2420. The predicted octanol–water partition coefficient (Wildman–Crippen LogP) is 5.10. The lowest BCUT2D eigenvalue weighted by Crippen LogP contribution is -2.47. The number of anilines is 1. The highest BCUT2D eigenvalue weighted by molar-refractivity contribution is 7.86. The van der Waals surface area contributed by atoms with E-state index in [2.05, 4.69) is 0 Å². The minimum Gasteiger partial charge on any atom is -0.465 e. The number of hydrogen-bond acceptors (Lipinski definition) is 8. The molecule has 0 amide bonds. The Hall–Kier alpha value is -4.30. The smallest absolute Gasteiger partial charge is 0.338 e. The van der Waals surface area contributed by atoms with E-state index in [0.29, 0.717) is 73.2 Å². The summed E-state index contributed by atoms with van der Waals surface area (Å²) in [5.41, 5.74) is 4.28. The van der Waals surface area contributed by atoms with Crippen LogP contribution in [0.3, 0.4) is 0 Å². The molecular formula is C39H47N2O9S2+. The van der Waals surface area contributed by atoms with Gasteiger partial charge in [-0.15, -0.1) is 0 Å². The standard InChI is InChI=1S/C37H40N2O9S2.C2H6/c1-9-21-10-11-24(35(40)47-8)27(12-21)34-28-13-25-22(19-49(41,42)43)17-36(2,3)38(6)30(25)15-32(28)48-33-16-31-26(14-29(33)34)23(20-50(44,45)46)18-37(4,5)39(31)7;1-2/h10-18H,9,19-20H2,1-8H3,(H-,41,42,43,44,45,46);1-2H3/p+1. The summed E-state index contributed by atoms with van der Waals surface area (Å²) in [5, 5.41) is 1.23. The maximum Gasteiger partial charge on any atom is 0.338 e. The lowest BCUT2D eigenvalue weighted by Gasteiger charge is -2.41. The lowest BCUT2D eigenvalue weighted by molar-refractivity contribution is 0.0600. The van der Waals surface area contributed by atoms with Gasteiger partial charge in [-0.1, -0.05) is 39.0 Å². The van der Waals surface area contributed by atoms with Gasteiger partial charge in [0.05, 0.1) is 29.8 Å². The fourth-order valence-corrected chi connectivity index (χ4v) is 8.35. The summed E-state index contributed by atoms with van der Waals surface area (Å²) >= 11 is 0. The summed E-state index contributed by atoms with van der Waals surface area (Å²) in [6.07, 6.45) is 4.28. The van der Waals surface area contributed by atoms with Crippen LogP contribution < -0.4 is 24.8 Å². The Morgan fingerprint density at radius 3 is 2.04 bits per heavy atom. The molecule has 0 saturated carbocycles. The molecule has 3 aromatic rings. The third-order valence-corrected chi connectivity index (χ3v) is 11.3. The summed E-state index contributed by atoms with van der Waals surface area (Å²) in [6.45, 7) is 13.7. The zero-order valence-corrected chi connectivity index (χ0v) is 32.9. The largest absolute Gasteiger partial charge is 0.465 e. The molecular weight excluding hydrogens is 705 g/mol. The van der Waals surface area contributed by atoms with Crippen LogP contribution in [-0.2, 0) is 31.4 Å². The van der Waals surface area contributed by atoms with Gasteiger partial charge in [0, 0.05) is 54.6 Å². The van der Waals surface area contributed by atoms with E-state index < -0.39 is 48.8 Å². The van der Waals surface area contributed by atoms with E-state index in [0.717, 1.165) is 5.56 Å². The van der Waals surface area contributed by atoms with E-state index in [1.807, 2.05) is 121 Å². The van der Waals surface area contributed by atoms with Gasteiger partial charge in [0.2, 0.25) is 5.36 Å². The molecule has 0 aliphatic carbocycles. The summed E-state index contributed by atoms with van der Waals surface area (Å²) in [5.74, 6) is -0.887. The fraction of sp³-hybridized carbons (Fsp3) is 0.385. The van der Waals surface area contributed by atoms with Crippen molar-refractivity contribution in [3.8, 4) is 11.5 Å². The van der Waals surface area contributed by atoms with E-state index in [4.69, 9.17) is 9.47 Å². The van der Waals surface area contributed by atoms with Gasteiger partial charge in [-0.25, -0.2) is 9.37 Å². The Morgan fingerprint density at radius 2 is 1.46 bits per heavy atom. The molecule has 278 valence electrons. The normalized spacial score (nSPS) is 16.9. The minimum absolute atomic E-state index is 0.285. The molecule has 13 heteroatoms. The van der Waals surface area contributed by atoms with Crippen LogP contribution in [0.2, 0.25) is 0 Å². The van der Waals surface area contributed by atoms with Crippen molar-refractivity contribution in [2.75, 3.05) is 37.6 Å². The van der Waals surface area contributed by atoms with Gasteiger partial charge in [0.15, 0.2) is 5.54 Å². The lowest BCUT2D eigenvalue weighted by atomic mass is 9.83. The first-order chi connectivity index (χ1) is 24.1. The van der Waals surface area contributed by atoms with Crippen molar-refractivity contribution in [1.82, 2.24) is 4.58 Å². The van der Waals surface area contributed by atoms with Gasteiger partial charge in [0.25, 0.3) is 20.2 Å². The number of fused-ring (bicyclic) bond motifs is 4.